The molecule has 0 bridgehead atoms. The number of hydrogen-bond acceptors (Lipinski definition) is 5. The third-order valence-electron chi connectivity index (χ3n) is 2.13. The maximum Gasteiger partial charge on any atom is 0.457 e. The van der Waals surface area contributed by atoms with Crippen LogP contribution >= 0.6 is 0 Å². The molecule has 1 atom stereocenters. The number of hydrogen-bond donors (Lipinski definition) is 1. The van der Waals surface area contributed by atoms with Crippen molar-refractivity contribution >= 4 is 11.9 Å². The van der Waals surface area contributed by atoms with Crippen LogP contribution in [0, 0.1) is 5.92 Å². The van der Waals surface area contributed by atoms with E-state index in [0.717, 1.165) is 0 Å². The van der Waals surface area contributed by atoms with Crippen LogP contribution in [0.5, 0.6) is 0 Å². The lowest BCUT2D eigenvalue weighted by Gasteiger charge is -2.32. The molecule has 0 aliphatic rings. The van der Waals surface area contributed by atoms with E-state index in [0.29, 0.717) is 7.11 Å². The van der Waals surface area contributed by atoms with Crippen LogP contribution in [0.4, 0.5) is 22.0 Å². The topological polar surface area (TPSA) is 72.8 Å². The molecular formula is C10H13F5O5. The van der Waals surface area contributed by atoms with E-state index >= 15 is 0 Å². The molecule has 0 radical (unpaired) electrons. The third kappa shape index (κ3) is 3.17. The number of ether oxygens (including phenoxy) is 2. The molecule has 10 heteroatoms. The van der Waals surface area contributed by atoms with Crippen LogP contribution in [0.1, 0.15) is 13.8 Å². The third-order valence-corrected chi connectivity index (χ3v) is 2.13. The maximum absolute atomic E-state index is 13.2. The second kappa shape index (κ2) is 5.90. The molecule has 0 saturated carbocycles. The second-order valence-corrected chi connectivity index (χ2v) is 4.27. The Hall–Kier alpha value is -1.45. The predicted molar refractivity (Wildman–Crippen MR) is 53.8 cm³/mol. The summed E-state index contributed by atoms with van der Waals surface area (Å²) in [5.41, 5.74) is -4.80. The Labute approximate surface area is 110 Å². The fraction of sp³-hybridized carbons (Fsp3) is 0.800. The van der Waals surface area contributed by atoms with E-state index < -0.39 is 42.2 Å². The summed E-state index contributed by atoms with van der Waals surface area (Å²) in [5.74, 6) is -11.4. The summed E-state index contributed by atoms with van der Waals surface area (Å²) in [5, 5.41) is 9.31. The first-order valence-electron chi connectivity index (χ1n) is 5.24. The van der Waals surface area contributed by atoms with Crippen LogP contribution in [-0.4, -0.2) is 48.5 Å². The highest BCUT2D eigenvalue weighted by Crippen LogP contribution is 2.44. The van der Waals surface area contributed by atoms with Gasteiger partial charge in [0.1, 0.15) is 0 Å². The van der Waals surface area contributed by atoms with E-state index in [4.69, 9.17) is 0 Å². The van der Waals surface area contributed by atoms with Crippen LogP contribution in [0.3, 0.4) is 0 Å². The minimum Gasteiger partial charge on any atom is -0.466 e. The highest BCUT2D eigenvalue weighted by atomic mass is 19.4. The van der Waals surface area contributed by atoms with Gasteiger partial charge in [-0.2, -0.15) is 22.0 Å². The zero-order chi connectivity index (χ0) is 16.4. The van der Waals surface area contributed by atoms with Crippen LogP contribution < -0.4 is 0 Å². The van der Waals surface area contributed by atoms with E-state index in [1.807, 2.05) is 0 Å². The molecule has 20 heavy (non-hydrogen) atoms. The largest absolute Gasteiger partial charge is 0.466 e. The predicted octanol–water partition coefficient (Wildman–Crippen LogP) is 1.29. The number of esters is 2. The molecule has 0 rings (SSSR count). The fourth-order valence-corrected chi connectivity index (χ4v) is 1.04. The van der Waals surface area contributed by atoms with Crippen molar-refractivity contribution in [3.63, 3.8) is 0 Å². The number of carbonyl (C=O) groups is 2. The average Bonchev–Trinajstić information content (AvgIpc) is 2.31. The Kier molecular flexibility index (Phi) is 5.47. The highest BCUT2D eigenvalue weighted by Gasteiger charge is 2.78. The Morgan fingerprint density at radius 1 is 1.10 bits per heavy atom. The summed E-state index contributed by atoms with van der Waals surface area (Å²) in [7, 11) is 0.440. The molecular weight excluding hydrogens is 295 g/mol. The van der Waals surface area contributed by atoms with Crippen LogP contribution in [0.15, 0.2) is 0 Å². The monoisotopic (exact) mass is 308 g/mol. The first-order valence-corrected chi connectivity index (χ1v) is 5.24. The van der Waals surface area contributed by atoms with Crippen molar-refractivity contribution in [3.05, 3.63) is 0 Å². The lowest BCUT2D eigenvalue weighted by molar-refractivity contribution is -0.333. The van der Waals surface area contributed by atoms with Crippen molar-refractivity contribution in [2.24, 2.45) is 5.92 Å². The molecule has 118 valence electrons. The Morgan fingerprint density at radius 2 is 1.55 bits per heavy atom. The summed E-state index contributed by atoms with van der Waals surface area (Å²) >= 11 is 0. The molecule has 0 amide bonds. The maximum atomic E-state index is 13.2. The van der Waals surface area contributed by atoms with Gasteiger partial charge in [-0.15, -0.1) is 0 Å². The van der Waals surface area contributed by atoms with E-state index in [2.05, 4.69) is 9.47 Å². The van der Waals surface area contributed by atoms with Gasteiger partial charge in [0.25, 0.3) is 0 Å². The number of rotatable bonds is 5. The van der Waals surface area contributed by atoms with Gasteiger partial charge in [-0.05, 0) is 5.92 Å². The van der Waals surface area contributed by atoms with Crippen molar-refractivity contribution in [2.75, 3.05) is 13.7 Å². The number of aliphatic hydroxyl groups is 1. The molecule has 5 nitrogen and oxygen atoms in total. The molecule has 0 aromatic heterocycles. The summed E-state index contributed by atoms with van der Waals surface area (Å²) in [4.78, 5) is 22.4. The van der Waals surface area contributed by atoms with E-state index in [1.165, 1.54) is 13.8 Å². The number of halogens is 5. The van der Waals surface area contributed by atoms with E-state index in [1.54, 1.807) is 0 Å². The molecule has 0 saturated heterocycles. The van der Waals surface area contributed by atoms with Gasteiger partial charge in [0, 0.05) is 0 Å². The number of carbonyl (C=O) groups excluding carboxylic acids is 2. The van der Waals surface area contributed by atoms with Crippen molar-refractivity contribution in [2.45, 2.75) is 31.5 Å². The second-order valence-electron chi connectivity index (χ2n) is 4.27. The zero-order valence-corrected chi connectivity index (χ0v) is 10.8. The molecule has 1 N–H and O–H groups in total. The Balaban J connectivity index is 5.65. The molecule has 0 spiro atoms. The minimum absolute atomic E-state index is 0.416. The molecule has 0 heterocycles. The smallest absolute Gasteiger partial charge is 0.457 e. The fourth-order valence-electron chi connectivity index (χ4n) is 1.04. The zero-order valence-electron chi connectivity index (χ0n) is 10.8. The Bertz CT molecular complexity index is 379. The lowest BCUT2D eigenvalue weighted by Crippen LogP contribution is -2.66. The number of methoxy groups -OCH3 is 1. The molecule has 0 aliphatic heterocycles. The van der Waals surface area contributed by atoms with Gasteiger partial charge in [0.2, 0.25) is 0 Å². The quantitative estimate of drug-likeness (QED) is 0.471. The highest BCUT2D eigenvalue weighted by molar-refractivity contribution is 6.04. The molecule has 0 aromatic rings. The summed E-state index contributed by atoms with van der Waals surface area (Å²) < 4.78 is 71.0. The van der Waals surface area contributed by atoms with Gasteiger partial charge < -0.3 is 14.6 Å². The number of alkyl halides is 5. The average molecular weight is 308 g/mol. The first-order chi connectivity index (χ1) is 8.82. The van der Waals surface area contributed by atoms with Gasteiger partial charge in [-0.3, -0.25) is 0 Å². The van der Waals surface area contributed by atoms with Crippen LogP contribution in [-0.2, 0) is 19.1 Å². The van der Waals surface area contributed by atoms with Gasteiger partial charge in [-0.1, -0.05) is 13.8 Å². The van der Waals surface area contributed by atoms with Crippen molar-refractivity contribution in [1.82, 2.24) is 0 Å². The van der Waals surface area contributed by atoms with Gasteiger partial charge in [0.05, 0.1) is 13.7 Å². The lowest BCUT2D eigenvalue weighted by atomic mass is 9.95. The van der Waals surface area contributed by atoms with Crippen molar-refractivity contribution < 1.29 is 46.1 Å². The van der Waals surface area contributed by atoms with Crippen molar-refractivity contribution in [3.8, 4) is 0 Å². The SMILES string of the molecule is COC(=O)C(O)(C(=O)OCC(C)C)C(F)(F)C(F)(F)F. The van der Waals surface area contributed by atoms with Gasteiger partial charge in [0.15, 0.2) is 0 Å². The van der Waals surface area contributed by atoms with E-state index in [9.17, 15) is 36.6 Å². The van der Waals surface area contributed by atoms with Crippen molar-refractivity contribution in [1.29, 1.82) is 0 Å². The Morgan fingerprint density at radius 3 is 1.85 bits per heavy atom. The summed E-state index contributed by atoms with van der Waals surface area (Å²) in [6, 6.07) is 0. The van der Waals surface area contributed by atoms with E-state index in [-0.39, 0.29) is 0 Å². The summed E-state index contributed by atoms with van der Waals surface area (Å²) in [6.07, 6.45) is -6.35. The standard InChI is InChI=1S/C10H13F5O5/c1-5(2)4-20-7(17)8(18,6(16)19-3)9(11,12)10(13,14)15/h5,18H,4H2,1-3H3. The molecule has 0 fully saturated rings. The first kappa shape index (κ1) is 18.6. The van der Waals surface area contributed by atoms with Crippen LogP contribution in [0.25, 0.3) is 0 Å². The van der Waals surface area contributed by atoms with Crippen LogP contribution in [0.2, 0.25) is 0 Å². The van der Waals surface area contributed by atoms with Gasteiger partial charge >= 0.3 is 29.6 Å². The molecule has 0 aliphatic carbocycles. The summed E-state index contributed by atoms with van der Waals surface area (Å²) in [6.45, 7) is 2.37. The molecule has 1 unspecified atom stereocenters. The normalized spacial score (nSPS) is 15.7. The van der Waals surface area contributed by atoms with Gasteiger partial charge in [-0.25, -0.2) is 9.59 Å². The minimum atomic E-state index is -6.35. The molecule has 0 aromatic carbocycles.